The molecule has 0 spiro atoms. The number of phenols is 1. The summed E-state index contributed by atoms with van der Waals surface area (Å²) < 4.78 is 0. The van der Waals surface area contributed by atoms with Crippen LogP contribution in [0.3, 0.4) is 0 Å². The van der Waals surface area contributed by atoms with E-state index >= 15 is 0 Å². The fourth-order valence-corrected chi connectivity index (χ4v) is 2.53. The molecule has 2 atom stereocenters. The molecule has 1 aromatic rings. The van der Waals surface area contributed by atoms with Crippen LogP contribution in [-0.4, -0.2) is 28.8 Å². The molecular formula is C14H19NO3. The highest BCUT2D eigenvalue weighted by Crippen LogP contribution is 2.26. The van der Waals surface area contributed by atoms with Crippen molar-refractivity contribution in [2.24, 2.45) is 5.92 Å². The van der Waals surface area contributed by atoms with Gasteiger partial charge in [-0.3, -0.25) is 4.79 Å². The third kappa shape index (κ3) is 2.64. The predicted octanol–water partition coefficient (Wildman–Crippen LogP) is 1.59. The Bertz CT molecular complexity index is 445. The fraction of sp³-hybridized carbons (Fsp3) is 0.500. The second-order valence-corrected chi connectivity index (χ2v) is 4.97. The SMILES string of the molecule is Cc1ccc(C(=O)NC2CCCC2CO)c(O)c1. The Balaban J connectivity index is 2.07. The van der Waals surface area contributed by atoms with Crippen molar-refractivity contribution in [3.8, 4) is 5.75 Å². The number of rotatable bonds is 3. The van der Waals surface area contributed by atoms with Crippen molar-refractivity contribution in [3.63, 3.8) is 0 Å². The minimum Gasteiger partial charge on any atom is -0.507 e. The minimum absolute atomic E-state index is 0.00560. The monoisotopic (exact) mass is 249 g/mol. The molecule has 3 N–H and O–H groups in total. The second-order valence-electron chi connectivity index (χ2n) is 4.97. The summed E-state index contributed by atoms with van der Waals surface area (Å²) in [4.78, 5) is 12.0. The van der Waals surface area contributed by atoms with E-state index in [1.54, 1.807) is 18.2 Å². The largest absolute Gasteiger partial charge is 0.507 e. The van der Waals surface area contributed by atoms with Crippen molar-refractivity contribution >= 4 is 5.91 Å². The summed E-state index contributed by atoms with van der Waals surface area (Å²) in [6.07, 6.45) is 2.86. The summed E-state index contributed by atoms with van der Waals surface area (Å²) >= 11 is 0. The molecule has 2 rings (SSSR count). The number of hydrogen-bond acceptors (Lipinski definition) is 3. The van der Waals surface area contributed by atoms with Crippen LogP contribution >= 0.6 is 0 Å². The fourth-order valence-electron chi connectivity index (χ4n) is 2.53. The van der Waals surface area contributed by atoms with Gasteiger partial charge < -0.3 is 15.5 Å². The second kappa shape index (κ2) is 5.40. The molecule has 0 bridgehead atoms. The molecule has 1 saturated carbocycles. The number of aryl methyl sites for hydroxylation is 1. The van der Waals surface area contributed by atoms with E-state index in [1.807, 2.05) is 6.92 Å². The predicted molar refractivity (Wildman–Crippen MR) is 68.5 cm³/mol. The summed E-state index contributed by atoms with van der Waals surface area (Å²) in [7, 11) is 0. The summed E-state index contributed by atoms with van der Waals surface area (Å²) in [5.74, 6) is -0.120. The molecule has 0 radical (unpaired) electrons. The van der Waals surface area contributed by atoms with E-state index in [-0.39, 0.29) is 30.2 Å². The van der Waals surface area contributed by atoms with Crippen molar-refractivity contribution in [1.82, 2.24) is 5.32 Å². The number of aliphatic hydroxyl groups is 1. The first-order valence-electron chi connectivity index (χ1n) is 6.33. The number of amides is 1. The lowest BCUT2D eigenvalue weighted by Gasteiger charge is -2.19. The van der Waals surface area contributed by atoms with E-state index in [0.717, 1.165) is 24.8 Å². The van der Waals surface area contributed by atoms with Crippen molar-refractivity contribution in [3.05, 3.63) is 29.3 Å². The van der Waals surface area contributed by atoms with Gasteiger partial charge >= 0.3 is 0 Å². The Labute approximate surface area is 107 Å². The molecule has 0 aromatic heterocycles. The Hall–Kier alpha value is -1.55. The van der Waals surface area contributed by atoms with Gasteiger partial charge in [-0.15, -0.1) is 0 Å². The number of carbonyl (C=O) groups excluding carboxylic acids is 1. The lowest BCUT2D eigenvalue weighted by atomic mass is 10.0. The Morgan fingerprint density at radius 1 is 1.44 bits per heavy atom. The third-order valence-electron chi connectivity index (χ3n) is 3.61. The number of nitrogens with one attached hydrogen (secondary N) is 1. The van der Waals surface area contributed by atoms with Crippen LogP contribution in [0.1, 0.15) is 35.2 Å². The molecule has 4 heteroatoms. The highest BCUT2D eigenvalue weighted by atomic mass is 16.3. The van der Waals surface area contributed by atoms with Crippen LogP contribution in [0.5, 0.6) is 5.75 Å². The van der Waals surface area contributed by atoms with Crippen molar-refractivity contribution in [2.75, 3.05) is 6.61 Å². The van der Waals surface area contributed by atoms with Gasteiger partial charge in [-0.1, -0.05) is 12.5 Å². The van der Waals surface area contributed by atoms with Gasteiger partial charge in [-0.05, 0) is 37.5 Å². The summed E-state index contributed by atoms with van der Waals surface area (Å²) in [5.41, 5.74) is 1.21. The average Bonchev–Trinajstić information content (AvgIpc) is 2.76. The Kier molecular flexibility index (Phi) is 3.87. The van der Waals surface area contributed by atoms with Gasteiger partial charge in [0.05, 0.1) is 5.56 Å². The normalized spacial score (nSPS) is 23.0. The number of aromatic hydroxyl groups is 1. The molecule has 1 amide bonds. The number of benzene rings is 1. The number of hydrogen-bond donors (Lipinski definition) is 3. The van der Waals surface area contributed by atoms with Crippen LogP contribution in [-0.2, 0) is 0 Å². The smallest absolute Gasteiger partial charge is 0.255 e. The molecular weight excluding hydrogens is 230 g/mol. The molecule has 4 nitrogen and oxygen atoms in total. The Morgan fingerprint density at radius 3 is 2.89 bits per heavy atom. The molecule has 1 aliphatic carbocycles. The van der Waals surface area contributed by atoms with Crippen LogP contribution in [0.15, 0.2) is 18.2 Å². The summed E-state index contributed by atoms with van der Waals surface area (Å²) in [6, 6.07) is 5.02. The van der Waals surface area contributed by atoms with Crippen LogP contribution in [0.4, 0.5) is 0 Å². The van der Waals surface area contributed by atoms with Crippen LogP contribution in [0.25, 0.3) is 0 Å². The number of phenolic OH excluding ortho intramolecular Hbond substituents is 1. The molecule has 0 aliphatic heterocycles. The molecule has 1 aliphatic rings. The average molecular weight is 249 g/mol. The van der Waals surface area contributed by atoms with Gasteiger partial charge in [-0.25, -0.2) is 0 Å². The maximum absolute atomic E-state index is 12.0. The zero-order chi connectivity index (χ0) is 13.1. The van der Waals surface area contributed by atoms with E-state index in [9.17, 15) is 15.0 Å². The number of carbonyl (C=O) groups is 1. The first-order chi connectivity index (χ1) is 8.61. The van der Waals surface area contributed by atoms with Gasteiger partial charge in [0.15, 0.2) is 0 Å². The maximum atomic E-state index is 12.0. The molecule has 1 aromatic carbocycles. The topological polar surface area (TPSA) is 69.6 Å². The standard InChI is InChI=1S/C14H19NO3/c1-9-5-6-11(13(17)7-9)14(18)15-12-4-2-3-10(12)8-16/h5-7,10,12,16-17H,2-4,8H2,1H3,(H,15,18). The van der Waals surface area contributed by atoms with Gasteiger partial charge in [0.25, 0.3) is 5.91 Å². The van der Waals surface area contributed by atoms with E-state index in [0.29, 0.717) is 5.56 Å². The zero-order valence-electron chi connectivity index (χ0n) is 10.5. The molecule has 0 saturated heterocycles. The van der Waals surface area contributed by atoms with Crippen molar-refractivity contribution in [2.45, 2.75) is 32.2 Å². The molecule has 98 valence electrons. The molecule has 2 unspecified atom stereocenters. The first kappa shape index (κ1) is 12.9. The van der Waals surface area contributed by atoms with E-state index < -0.39 is 0 Å². The molecule has 18 heavy (non-hydrogen) atoms. The van der Waals surface area contributed by atoms with E-state index in [4.69, 9.17) is 0 Å². The Morgan fingerprint density at radius 2 is 2.22 bits per heavy atom. The highest BCUT2D eigenvalue weighted by Gasteiger charge is 2.28. The molecule has 0 heterocycles. The maximum Gasteiger partial charge on any atom is 0.255 e. The van der Waals surface area contributed by atoms with Crippen molar-refractivity contribution in [1.29, 1.82) is 0 Å². The van der Waals surface area contributed by atoms with Gasteiger partial charge in [0.2, 0.25) is 0 Å². The third-order valence-corrected chi connectivity index (χ3v) is 3.61. The minimum atomic E-state index is -0.266. The zero-order valence-corrected chi connectivity index (χ0v) is 10.5. The van der Waals surface area contributed by atoms with Crippen LogP contribution in [0, 0.1) is 12.8 Å². The highest BCUT2D eigenvalue weighted by molar-refractivity contribution is 5.97. The van der Waals surface area contributed by atoms with E-state index in [2.05, 4.69) is 5.32 Å². The number of aliphatic hydroxyl groups excluding tert-OH is 1. The molecule has 1 fully saturated rings. The lowest BCUT2D eigenvalue weighted by molar-refractivity contribution is 0.0913. The summed E-state index contributed by atoms with van der Waals surface area (Å²) in [5, 5.41) is 21.9. The van der Waals surface area contributed by atoms with Crippen molar-refractivity contribution < 1.29 is 15.0 Å². The van der Waals surface area contributed by atoms with Crippen LogP contribution in [0.2, 0.25) is 0 Å². The van der Waals surface area contributed by atoms with Gasteiger partial charge in [0, 0.05) is 18.6 Å². The van der Waals surface area contributed by atoms with E-state index in [1.165, 1.54) is 0 Å². The van der Waals surface area contributed by atoms with Gasteiger partial charge in [-0.2, -0.15) is 0 Å². The van der Waals surface area contributed by atoms with Crippen LogP contribution < -0.4 is 5.32 Å². The van der Waals surface area contributed by atoms with Gasteiger partial charge in [0.1, 0.15) is 5.75 Å². The quantitative estimate of drug-likeness (QED) is 0.762. The summed E-state index contributed by atoms with van der Waals surface area (Å²) in [6.45, 7) is 1.96. The first-order valence-corrected chi connectivity index (χ1v) is 6.33. The lowest BCUT2D eigenvalue weighted by Crippen LogP contribution is -2.38.